The number of hydrogen-bond acceptors (Lipinski definition) is 3. The van der Waals surface area contributed by atoms with Gasteiger partial charge >= 0.3 is 5.97 Å². The van der Waals surface area contributed by atoms with Gasteiger partial charge in [0.1, 0.15) is 10.6 Å². The fraction of sp³-hybridized carbons (Fsp3) is 0.136. The molecule has 1 heterocycles. The second-order valence-corrected chi connectivity index (χ2v) is 7.42. The molecule has 0 aliphatic heterocycles. The number of rotatable bonds is 5. The molecule has 1 amide bonds. The molecule has 1 atom stereocenters. The van der Waals surface area contributed by atoms with E-state index in [-0.39, 0.29) is 12.3 Å². The maximum absolute atomic E-state index is 13.2. The Kier molecular flexibility index (Phi) is 4.96. The van der Waals surface area contributed by atoms with Gasteiger partial charge in [0.25, 0.3) is 0 Å². The van der Waals surface area contributed by atoms with E-state index in [0.717, 1.165) is 27.8 Å². The van der Waals surface area contributed by atoms with Crippen molar-refractivity contribution in [3.05, 3.63) is 88.2 Å². The quantitative estimate of drug-likeness (QED) is 0.596. The molecule has 0 spiro atoms. The van der Waals surface area contributed by atoms with E-state index in [9.17, 15) is 14.7 Å². The lowest BCUT2D eigenvalue weighted by Crippen LogP contribution is -2.44. The van der Waals surface area contributed by atoms with E-state index in [4.69, 9.17) is 0 Å². The number of aliphatic carboxylic acids is 1. The molecule has 28 heavy (non-hydrogen) atoms. The molecule has 0 saturated carbocycles. The number of fused-ring (bicyclic) bond motifs is 3. The number of carbonyl (C=O) groups is 2. The predicted octanol–water partition coefficient (Wildman–Crippen LogP) is 3.77. The van der Waals surface area contributed by atoms with Gasteiger partial charge < -0.3 is 10.4 Å². The number of pyridine rings is 1. The molecule has 2 aromatic carbocycles. The third-order valence-corrected chi connectivity index (χ3v) is 5.68. The number of carboxylic acids is 1. The lowest BCUT2D eigenvalue weighted by molar-refractivity contribution is -0.141. The van der Waals surface area contributed by atoms with Gasteiger partial charge in [0.15, 0.2) is 0 Å². The van der Waals surface area contributed by atoms with Crippen molar-refractivity contribution >= 4 is 27.8 Å². The Morgan fingerprint density at radius 1 is 1.00 bits per heavy atom. The van der Waals surface area contributed by atoms with Gasteiger partial charge in [-0.3, -0.25) is 4.79 Å². The highest BCUT2D eigenvalue weighted by atomic mass is 79.9. The first kappa shape index (κ1) is 18.4. The summed E-state index contributed by atoms with van der Waals surface area (Å²) in [5.74, 6) is -1.92. The number of carboxylic acid groups (broad SMARTS) is 1. The molecule has 6 heteroatoms. The smallest absolute Gasteiger partial charge is 0.326 e. The molecule has 3 aromatic rings. The molecule has 140 valence electrons. The molecule has 1 aliphatic rings. The largest absolute Gasteiger partial charge is 0.480 e. The fourth-order valence-corrected chi connectivity index (χ4v) is 4.10. The van der Waals surface area contributed by atoms with Crippen molar-refractivity contribution in [2.45, 2.75) is 18.4 Å². The zero-order valence-electron chi connectivity index (χ0n) is 14.8. The van der Waals surface area contributed by atoms with Crippen LogP contribution in [0.15, 0.2) is 71.5 Å². The van der Waals surface area contributed by atoms with E-state index in [1.54, 1.807) is 18.3 Å². The van der Waals surface area contributed by atoms with Crippen molar-refractivity contribution in [3.63, 3.8) is 0 Å². The summed E-state index contributed by atoms with van der Waals surface area (Å²) in [7, 11) is 0. The second-order valence-electron chi connectivity index (χ2n) is 6.66. The number of hydrogen-bond donors (Lipinski definition) is 2. The van der Waals surface area contributed by atoms with Gasteiger partial charge in [0.2, 0.25) is 5.91 Å². The summed E-state index contributed by atoms with van der Waals surface area (Å²) >= 11 is 3.33. The monoisotopic (exact) mass is 436 g/mol. The molecule has 4 rings (SSSR count). The number of benzene rings is 2. The Morgan fingerprint density at radius 2 is 1.61 bits per heavy atom. The highest BCUT2D eigenvalue weighted by Crippen LogP contribution is 2.44. The zero-order chi connectivity index (χ0) is 19.7. The van der Waals surface area contributed by atoms with Gasteiger partial charge in [-0.1, -0.05) is 54.6 Å². The highest BCUT2D eigenvalue weighted by molar-refractivity contribution is 9.10. The minimum atomic E-state index is -1.08. The van der Waals surface area contributed by atoms with Crippen molar-refractivity contribution in [1.82, 2.24) is 10.3 Å². The Morgan fingerprint density at radius 3 is 2.18 bits per heavy atom. The number of halogens is 1. The van der Waals surface area contributed by atoms with Crippen LogP contribution in [0.5, 0.6) is 0 Å². The molecular formula is C22H17BrN2O3. The minimum Gasteiger partial charge on any atom is -0.480 e. The number of nitrogens with one attached hydrogen (secondary N) is 1. The minimum absolute atomic E-state index is 0.144. The summed E-state index contributed by atoms with van der Waals surface area (Å²) in [4.78, 5) is 29.1. The summed E-state index contributed by atoms with van der Waals surface area (Å²) in [5, 5.41) is 12.4. The molecule has 0 bridgehead atoms. The van der Waals surface area contributed by atoms with Crippen LogP contribution in [-0.4, -0.2) is 28.0 Å². The normalized spacial score (nSPS) is 13.5. The average Bonchev–Trinajstić information content (AvgIpc) is 3.03. The third-order valence-electron chi connectivity index (χ3n) is 4.97. The van der Waals surface area contributed by atoms with Gasteiger partial charge in [0, 0.05) is 12.6 Å². The maximum Gasteiger partial charge on any atom is 0.326 e. The first-order valence-corrected chi connectivity index (χ1v) is 9.66. The van der Waals surface area contributed by atoms with E-state index >= 15 is 0 Å². The van der Waals surface area contributed by atoms with Crippen molar-refractivity contribution < 1.29 is 14.7 Å². The maximum atomic E-state index is 13.2. The summed E-state index contributed by atoms with van der Waals surface area (Å²) in [6.07, 6.45) is 1.76. The van der Waals surface area contributed by atoms with Crippen LogP contribution in [0, 0.1) is 0 Å². The molecular weight excluding hydrogens is 420 g/mol. The SMILES string of the molecule is O=C(N[C@@H](Cc1cccnc1Br)C(=O)O)C1c2ccccc2-c2ccccc21. The van der Waals surface area contributed by atoms with E-state index in [0.29, 0.717) is 4.60 Å². The molecule has 0 unspecified atom stereocenters. The summed E-state index contributed by atoms with van der Waals surface area (Å²) in [6, 6.07) is 18.0. The van der Waals surface area contributed by atoms with Crippen LogP contribution in [0.4, 0.5) is 0 Å². The summed E-state index contributed by atoms with van der Waals surface area (Å²) < 4.78 is 0.576. The number of amides is 1. The van der Waals surface area contributed by atoms with E-state index in [1.165, 1.54) is 0 Å². The van der Waals surface area contributed by atoms with E-state index in [1.807, 2.05) is 48.5 Å². The van der Waals surface area contributed by atoms with Gasteiger partial charge in [-0.2, -0.15) is 0 Å². The van der Waals surface area contributed by atoms with Crippen LogP contribution in [-0.2, 0) is 16.0 Å². The molecule has 2 N–H and O–H groups in total. The Hall–Kier alpha value is -2.99. The molecule has 0 saturated heterocycles. The summed E-state index contributed by atoms with van der Waals surface area (Å²) in [6.45, 7) is 0. The number of nitrogens with zero attached hydrogens (tertiary/aromatic N) is 1. The first-order chi connectivity index (χ1) is 13.6. The van der Waals surface area contributed by atoms with Crippen LogP contribution in [0.1, 0.15) is 22.6 Å². The Labute approximate surface area is 170 Å². The predicted molar refractivity (Wildman–Crippen MR) is 109 cm³/mol. The number of carbonyl (C=O) groups excluding carboxylic acids is 1. The molecule has 1 aliphatic carbocycles. The van der Waals surface area contributed by atoms with Gasteiger partial charge in [0.05, 0.1) is 5.92 Å². The van der Waals surface area contributed by atoms with Crippen LogP contribution >= 0.6 is 15.9 Å². The van der Waals surface area contributed by atoms with Gasteiger partial charge in [-0.25, -0.2) is 9.78 Å². The van der Waals surface area contributed by atoms with Crippen molar-refractivity contribution in [2.75, 3.05) is 0 Å². The Balaban J connectivity index is 1.63. The lowest BCUT2D eigenvalue weighted by Gasteiger charge is -2.19. The van der Waals surface area contributed by atoms with Gasteiger partial charge in [-0.15, -0.1) is 0 Å². The van der Waals surface area contributed by atoms with Crippen molar-refractivity contribution in [1.29, 1.82) is 0 Å². The van der Waals surface area contributed by atoms with Crippen molar-refractivity contribution in [3.8, 4) is 11.1 Å². The van der Waals surface area contributed by atoms with Crippen LogP contribution < -0.4 is 5.32 Å². The van der Waals surface area contributed by atoms with Crippen LogP contribution in [0.25, 0.3) is 11.1 Å². The Bertz CT molecular complexity index is 1020. The first-order valence-electron chi connectivity index (χ1n) is 8.87. The molecule has 0 radical (unpaired) electrons. The standard InChI is InChI=1S/C22H17BrN2O3/c23-20-13(6-5-11-24-20)12-18(22(27)28)25-21(26)19-16-9-3-1-7-14(16)15-8-2-4-10-17(15)19/h1-11,18-19H,12H2,(H,25,26)(H,27,28)/t18-/m0/s1. The highest BCUT2D eigenvalue weighted by Gasteiger charge is 2.35. The third kappa shape index (κ3) is 3.31. The van der Waals surface area contributed by atoms with Crippen LogP contribution in [0.2, 0.25) is 0 Å². The second kappa shape index (κ2) is 7.56. The van der Waals surface area contributed by atoms with Crippen molar-refractivity contribution in [2.24, 2.45) is 0 Å². The molecule has 0 fully saturated rings. The van der Waals surface area contributed by atoms with Crippen LogP contribution in [0.3, 0.4) is 0 Å². The fourth-order valence-electron chi connectivity index (χ4n) is 3.68. The van der Waals surface area contributed by atoms with E-state index in [2.05, 4.69) is 26.2 Å². The topological polar surface area (TPSA) is 79.3 Å². The van der Waals surface area contributed by atoms with Gasteiger partial charge in [-0.05, 0) is 49.8 Å². The average molecular weight is 437 g/mol. The van der Waals surface area contributed by atoms with E-state index < -0.39 is 17.9 Å². The summed E-state index contributed by atoms with van der Waals surface area (Å²) in [5.41, 5.74) is 4.54. The molecule has 5 nitrogen and oxygen atoms in total. The molecule has 1 aromatic heterocycles. The lowest BCUT2D eigenvalue weighted by atomic mass is 9.95. The number of aromatic nitrogens is 1. The zero-order valence-corrected chi connectivity index (χ0v) is 16.4.